The third-order valence-electron chi connectivity index (χ3n) is 5.28. The zero-order valence-electron chi connectivity index (χ0n) is 17.9. The molecular weight excluding hydrogens is 430 g/mol. The summed E-state index contributed by atoms with van der Waals surface area (Å²) in [4.78, 5) is 17.7. The largest absolute Gasteiger partial charge is 0.497 e. The summed E-state index contributed by atoms with van der Waals surface area (Å²) in [5.74, 6) is 0.647. The summed E-state index contributed by atoms with van der Waals surface area (Å²) >= 11 is 1.52. The van der Waals surface area contributed by atoms with Gasteiger partial charge in [-0.15, -0.1) is 11.3 Å². The molecule has 2 N–H and O–H groups in total. The van der Waals surface area contributed by atoms with E-state index in [1.54, 1.807) is 7.11 Å². The molecule has 5 aromatic rings. The molecule has 1 aromatic heterocycles. The van der Waals surface area contributed by atoms with E-state index in [1.807, 2.05) is 96.4 Å². The topological polar surface area (TPSA) is 63.2 Å². The maximum absolute atomic E-state index is 13.0. The highest BCUT2D eigenvalue weighted by Crippen LogP contribution is 2.30. The van der Waals surface area contributed by atoms with Crippen molar-refractivity contribution in [3.63, 3.8) is 0 Å². The summed E-state index contributed by atoms with van der Waals surface area (Å²) in [6, 6.07) is 29.1. The Morgan fingerprint density at radius 2 is 1.67 bits per heavy atom. The number of anilines is 3. The second-order valence-electron chi connectivity index (χ2n) is 7.46. The predicted molar refractivity (Wildman–Crippen MR) is 136 cm³/mol. The minimum Gasteiger partial charge on any atom is -0.497 e. The average molecular weight is 452 g/mol. The van der Waals surface area contributed by atoms with E-state index in [2.05, 4.69) is 10.6 Å². The van der Waals surface area contributed by atoms with Crippen molar-refractivity contribution in [2.45, 2.75) is 0 Å². The quantitative estimate of drug-likeness (QED) is 0.293. The molecule has 6 heteroatoms. The fourth-order valence-corrected chi connectivity index (χ4v) is 4.41. The summed E-state index contributed by atoms with van der Waals surface area (Å²) in [6.07, 6.45) is 0. The summed E-state index contributed by atoms with van der Waals surface area (Å²) in [7, 11) is 1.65. The van der Waals surface area contributed by atoms with Gasteiger partial charge in [-0.2, -0.15) is 0 Å². The molecule has 1 amide bonds. The molecule has 0 radical (unpaired) electrons. The first-order valence-corrected chi connectivity index (χ1v) is 11.3. The molecule has 0 fully saturated rings. The van der Waals surface area contributed by atoms with Crippen molar-refractivity contribution in [2.24, 2.45) is 0 Å². The summed E-state index contributed by atoms with van der Waals surface area (Å²) in [6.45, 7) is 0. The summed E-state index contributed by atoms with van der Waals surface area (Å²) < 4.78 is 5.28. The number of methoxy groups -OCH3 is 1. The molecule has 0 spiro atoms. The molecule has 0 saturated heterocycles. The van der Waals surface area contributed by atoms with Crippen LogP contribution in [0, 0.1) is 0 Å². The molecule has 1 heterocycles. The van der Waals surface area contributed by atoms with E-state index >= 15 is 0 Å². The van der Waals surface area contributed by atoms with Crippen LogP contribution in [-0.4, -0.2) is 18.0 Å². The molecule has 0 aliphatic heterocycles. The van der Waals surface area contributed by atoms with Crippen molar-refractivity contribution in [2.75, 3.05) is 17.7 Å². The smallest absolute Gasteiger partial charge is 0.256 e. The van der Waals surface area contributed by atoms with Gasteiger partial charge in [-0.25, -0.2) is 4.98 Å². The van der Waals surface area contributed by atoms with Crippen molar-refractivity contribution in [3.8, 4) is 17.0 Å². The Kier molecular flexibility index (Phi) is 5.74. The van der Waals surface area contributed by atoms with Gasteiger partial charge >= 0.3 is 0 Å². The highest BCUT2D eigenvalue weighted by atomic mass is 32.1. The Morgan fingerprint density at radius 1 is 0.879 bits per heavy atom. The van der Waals surface area contributed by atoms with Crippen LogP contribution in [0.15, 0.2) is 96.4 Å². The molecule has 0 bridgehead atoms. The van der Waals surface area contributed by atoms with Crippen molar-refractivity contribution in [1.82, 2.24) is 4.98 Å². The molecule has 162 valence electrons. The first-order chi connectivity index (χ1) is 16.2. The second kappa shape index (κ2) is 9.14. The number of nitrogens with zero attached hydrogens (tertiary/aromatic N) is 1. The number of fused-ring (bicyclic) bond motifs is 1. The van der Waals surface area contributed by atoms with Gasteiger partial charge in [0.25, 0.3) is 5.91 Å². The van der Waals surface area contributed by atoms with Crippen LogP contribution in [-0.2, 0) is 0 Å². The first-order valence-electron chi connectivity index (χ1n) is 10.5. The van der Waals surface area contributed by atoms with Crippen molar-refractivity contribution < 1.29 is 9.53 Å². The number of carbonyl (C=O) groups is 1. The molecule has 0 saturated carbocycles. The lowest BCUT2D eigenvalue weighted by Gasteiger charge is -2.09. The average Bonchev–Trinajstić information content (AvgIpc) is 3.32. The second-order valence-corrected chi connectivity index (χ2v) is 8.31. The van der Waals surface area contributed by atoms with Gasteiger partial charge in [-0.1, -0.05) is 54.6 Å². The number of aromatic nitrogens is 1. The standard InChI is InChI=1S/C27H21N3O2S/c1-32-22-12-6-11-21(16-22)29-27-30-25(17-33-27)19-9-4-10-20(15-19)28-26(31)24-14-5-8-18-7-2-3-13-23(18)24/h2-17H,1H3,(H,28,31)(H,29,30). The zero-order chi connectivity index (χ0) is 22.6. The molecule has 0 aliphatic carbocycles. The molecule has 0 atom stereocenters. The molecule has 5 nitrogen and oxygen atoms in total. The van der Waals surface area contributed by atoms with Crippen LogP contribution in [0.1, 0.15) is 10.4 Å². The van der Waals surface area contributed by atoms with Crippen molar-refractivity contribution >= 4 is 44.5 Å². The monoisotopic (exact) mass is 451 g/mol. The van der Waals surface area contributed by atoms with Crippen LogP contribution in [0.3, 0.4) is 0 Å². The fraction of sp³-hybridized carbons (Fsp3) is 0.0370. The highest BCUT2D eigenvalue weighted by molar-refractivity contribution is 7.14. The predicted octanol–water partition coefficient (Wildman–Crippen LogP) is 6.97. The van der Waals surface area contributed by atoms with Crippen LogP contribution < -0.4 is 15.4 Å². The van der Waals surface area contributed by atoms with Crippen LogP contribution in [0.4, 0.5) is 16.5 Å². The molecule has 4 aromatic carbocycles. The molecular formula is C27H21N3O2S. The molecule has 33 heavy (non-hydrogen) atoms. The molecule has 0 aliphatic rings. The number of hydrogen-bond acceptors (Lipinski definition) is 5. The molecule has 0 unspecified atom stereocenters. The first kappa shape index (κ1) is 20.7. The normalized spacial score (nSPS) is 10.7. The Balaban J connectivity index is 1.35. The van der Waals surface area contributed by atoms with Gasteiger partial charge < -0.3 is 15.4 Å². The van der Waals surface area contributed by atoms with Gasteiger partial charge in [0.05, 0.1) is 12.8 Å². The van der Waals surface area contributed by atoms with Crippen molar-refractivity contribution in [1.29, 1.82) is 0 Å². The number of benzene rings is 4. The van der Waals surface area contributed by atoms with E-state index < -0.39 is 0 Å². The summed E-state index contributed by atoms with van der Waals surface area (Å²) in [5.41, 5.74) is 4.05. The fourth-order valence-electron chi connectivity index (χ4n) is 3.67. The number of hydrogen-bond donors (Lipinski definition) is 2. The van der Waals surface area contributed by atoms with Crippen LogP contribution in [0.5, 0.6) is 5.75 Å². The van der Waals surface area contributed by atoms with Gasteiger partial charge in [0.15, 0.2) is 5.13 Å². The lowest BCUT2D eigenvalue weighted by Crippen LogP contribution is -2.12. The van der Waals surface area contributed by atoms with Crippen LogP contribution in [0.2, 0.25) is 0 Å². The number of ether oxygens (including phenoxy) is 1. The SMILES string of the molecule is COc1cccc(Nc2nc(-c3cccc(NC(=O)c4cccc5ccccc45)c3)cs2)c1. The summed E-state index contributed by atoms with van der Waals surface area (Å²) in [5, 5.41) is 11.1. The Morgan fingerprint density at radius 3 is 2.58 bits per heavy atom. The van der Waals surface area contributed by atoms with Crippen LogP contribution in [0.25, 0.3) is 22.0 Å². The number of nitrogens with one attached hydrogen (secondary N) is 2. The maximum Gasteiger partial charge on any atom is 0.256 e. The van der Waals surface area contributed by atoms with Gasteiger partial charge in [0.2, 0.25) is 0 Å². The lowest BCUT2D eigenvalue weighted by molar-refractivity contribution is 0.102. The van der Waals surface area contributed by atoms with E-state index in [9.17, 15) is 4.79 Å². The third kappa shape index (κ3) is 4.56. The number of amides is 1. The minimum absolute atomic E-state index is 0.136. The Labute approximate surface area is 195 Å². The van der Waals surface area contributed by atoms with Crippen LogP contribution >= 0.6 is 11.3 Å². The van der Waals surface area contributed by atoms with Gasteiger partial charge in [0.1, 0.15) is 5.75 Å². The van der Waals surface area contributed by atoms with E-state index in [0.29, 0.717) is 5.56 Å². The Hall–Kier alpha value is -4.16. The van der Waals surface area contributed by atoms with E-state index in [-0.39, 0.29) is 5.91 Å². The zero-order valence-corrected chi connectivity index (χ0v) is 18.7. The maximum atomic E-state index is 13.0. The van der Waals surface area contributed by atoms with Crippen molar-refractivity contribution in [3.05, 3.63) is 102 Å². The lowest BCUT2D eigenvalue weighted by atomic mass is 10.0. The van der Waals surface area contributed by atoms with E-state index in [1.165, 1.54) is 11.3 Å². The third-order valence-corrected chi connectivity index (χ3v) is 6.03. The van der Waals surface area contributed by atoms with Gasteiger partial charge in [-0.05, 0) is 41.1 Å². The van der Waals surface area contributed by atoms with Gasteiger partial charge in [0, 0.05) is 33.9 Å². The molecule has 5 rings (SSSR count). The number of carbonyl (C=O) groups excluding carboxylic acids is 1. The Bertz CT molecular complexity index is 1440. The van der Waals surface area contributed by atoms with E-state index in [0.717, 1.165) is 44.3 Å². The highest BCUT2D eigenvalue weighted by Gasteiger charge is 2.11. The van der Waals surface area contributed by atoms with E-state index in [4.69, 9.17) is 9.72 Å². The minimum atomic E-state index is -0.136. The number of rotatable bonds is 6. The number of thiazole rings is 1. The van der Waals surface area contributed by atoms with Gasteiger partial charge in [-0.3, -0.25) is 4.79 Å².